The Morgan fingerprint density at radius 3 is 2.82 bits per heavy atom. The summed E-state index contributed by atoms with van der Waals surface area (Å²) >= 11 is 2.04. The van der Waals surface area contributed by atoms with Crippen LogP contribution in [0.15, 0.2) is 36.7 Å². The molecule has 0 bridgehead atoms. The Morgan fingerprint density at radius 1 is 1.35 bits per heavy atom. The van der Waals surface area contributed by atoms with Gasteiger partial charge >= 0.3 is 0 Å². The summed E-state index contributed by atoms with van der Waals surface area (Å²) in [4.78, 5) is 25.4. The third-order valence-corrected chi connectivity index (χ3v) is 7.85. The number of aromatic nitrogens is 4. The molecule has 1 aliphatic carbocycles. The van der Waals surface area contributed by atoms with Crippen LogP contribution in [-0.2, 0) is 12.0 Å². The van der Waals surface area contributed by atoms with Crippen molar-refractivity contribution in [2.45, 2.75) is 31.6 Å². The number of nitrogen functional groups attached to an aromatic ring is 1. The first kappa shape index (κ1) is 23.1. The lowest BCUT2D eigenvalue weighted by Gasteiger charge is -2.28. The van der Waals surface area contributed by atoms with Crippen LogP contribution in [0.4, 0.5) is 5.82 Å². The Bertz CT molecular complexity index is 1430. The van der Waals surface area contributed by atoms with Crippen molar-refractivity contribution < 1.29 is 9.53 Å². The highest BCUT2D eigenvalue weighted by atomic mass is 127. The summed E-state index contributed by atoms with van der Waals surface area (Å²) < 4.78 is 18.5. The Labute approximate surface area is 210 Å². The molecule has 0 saturated heterocycles. The standard InChI is InChI=1S/C23H28IN7O2S/c1-33-17-5-3-4-15-12-16(28-18(15)17)19-20-21(25)27-10-11-31(20)22(29-19)13-6-8-14(9-7-13)23(32)30-34(2,24)26/h3-5,10-14,28,34H,6-9H2,1-2H3,(H2,25,27)(H2,26,30,32)/t13-,14-. The van der Waals surface area contributed by atoms with Gasteiger partial charge in [-0.1, -0.05) is 19.3 Å². The van der Waals surface area contributed by atoms with Gasteiger partial charge < -0.3 is 20.2 Å². The van der Waals surface area contributed by atoms with E-state index in [0.29, 0.717) is 5.82 Å². The number of nitrogens with one attached hydrogen (secondary N) is 3. The zero-order chi connectivity index (χ0) is 24.0. The fourth-order valence-electron chi connectivity index (χ4n) is 4.90. The number of nitrogens with zero attached hydrogens (tertiary/aromatic N) is 3. The monoisotopic (exact) mass is 593 g/mol. The smallest absolute Gasteiger partial charge is 0.232 e. The number of thiol groups is 1. The number of benzene rings is 1. The van der Waals surface area contributed by atoms with E-state index in [1.54, 1.807) is 19.6 Å². The minimum absolute atomic E-state index is 0.00724. The van der Waals surface area contributed by atoms with Gasteiger partial charge in [-0.15, -0.1) is 0 Å². The maximum Gasteiger partial charge on any atom is 0.232 e. The van der Waals surface area contributed by atoms with E-state index in [2.05, 4.69) is 20.8 Å². The van der Waals surface area contributed by atoms with E-state index in [4.69, 9.17) is 20.2 Å². The lowest BCUT2D eigenvalue weighted by Crippen LogP contribution is -2.36. The minimum atomic E-state index is -2.13. The van der Waals surface area contributed by atoms with E-state index in [9.17, 15) is 4.79 Å². The SMILES string of the molecule is COc1cccc2cc(-c3nc([C@H]4CC[C@H](C(=O)N[SH](C)(=N)I)CC4)n4ccnc(N)c34)[nH]c12. The molecule has 0 atom stereocenters. The van der Waals surface area contributed by atoms with Crippen LogP contribution in [-0.4, -0.2) is 38.6 Å². The number of nitrogens with two attached hydrogens (primary N) is 1. The van der Waals surface area contributed by atoms with E-state index in [-0.39, 0.29) is 17.7 Å². The second kappa shape index (κ2) is 8.84. The number of carbonyl (C=O) groups is 1. The molecule has 0 radical (unpaired) electrons. The Balaban J connectivity index is 1.50. The molecular formula is C23H28IN7O2S. The number of carbonyl (C=O) groups excluding carboxylic acids is 1. The van der Waals surface area contributed by atoms with Gasteiger partial charge in [0, 0.05) is 50.8 Å². The fraction of sp³-hybridized carbons (Fsp3) is 0.348. The molecule has 0 spiro atoms. The zero-order valence-electron chi connectivity index (χ0n) is 19.0. The van der Waals surface area contributed by atoms with Crippen LogP contribution in [0.25, 0.3) is 27.8 Å². The van der Waals surface area contributed by atoms with E-state index in [1.165, 1.54) is 0 Å². The number of H-pyrrole nitrogens is 1. The molecule has 1 fully saturated rings. The van der Waals surface area contributed by atoms with Gasteiger partial charge in [0.25, 0.3) is 0 Å². The third kappa shape index (κ3) is 4.26. The van der Waals surface area contributed by atoms with Gasteiger partial charge in [-0.3, -0.25) is 14.0 Å². The predicted octanol–water partition coefficient (Wildman–Crippen LogP) is 4.40. The normalized spacial score (nSPS) is 19.4. The van der Waals surface area contributed by atoms with Gasteiger partial charge in [0.2, 0.25) is 5.91 Å². The molecule has 3 heterocycles. The quantitative estimate of drug-likeness (QED) is 0.173. The van der Waals surface area contributed by atoms with Crippen molar-refractivity contribution in [2.24, 2.45) is 5.92 Å². The molecule has 9 nitrogen and oxygen atoms in total. The Hall–Kier alpha value is -2.67. The van der Waals surface area contributed by atoms with E-state index in [0.717, 1.165) is 65.1 Å². The molecule has 1 saturated carbocycles. The molecule has 34 heavy (non-hydrogen) atoms. The molecule has 0 unspecified atom stereocenters. The van der Waals surface area contributed by atoms with Gasteiger partial charge in [-0.2, -0.15) is 0 Å². The number of amides is 1. The summed E-state index contributed by atoms with van der Waals surface area (Å²) in [5, 5.41) is 1.03. The molecule has 5 rings (SSSR count). The molecule has 5 N–H and O–H groups in total. The first-order chi connectivity index (χ1) is 16.2. The van der Waals surface area contributed by atoms with Crippen LogP contribution < -0.4 is 15.2 Å². The number of para-hydroxylation sites is 1. The second-order valence-electron chi connectivity index (χ2n) is 8.88. The number of hydrogen-bond donors (Lipinski definition) is 5. The average Bonchev–Trinajstić information content (AvgIpc) is 3.40. The van der Waals surface area contributed by atoms with Crippen LogP contribution >= 0.6 is 21.2 Å². The highest BCUT2D eigenvalue weighted by Gasteiger charge is 2.31. The maximum atomic E-state index is 12.6. The molecule has 4 aromatic rings. The van der Waals surface area contributed by atoms with Crippen molar-refractivity contribution in [1.82, 2.24) is 24.1 Å². The fourth-order valence-corrected chi connectivity index (χ4v) is 6.21. The van der Waals surface area contributed by atoms with Crippen molar-refractivity contribution in [3.63, 3.8) is 0 Å². The van der Waals surface area contributed by atoms with E-state index in [1.807, 2.05) is 50.0 Å². The van der Waals surface area contributed by atoms with Crippen LogP contribution in [0.3, 0.4) is 0 Å². The van der Waals surface area contributed by atoms with E-state index >= 15 is 0 Å². The number of imidazole rings is 1. The Morgan fingerprint density at radius 2 is 2.12 bits per heavy atom. The first-order valence-electron chi connectivity index (χ1n) is 11.2. The van der Waals surface area contributed by atoms with Crippen LogP contribution in [0.5, 0.6) is 5.75 Å². The van der Waals surface area contributed by atoms with Gasteiger partial charge in [-0.05, 0) is 44.1 Å². The van der Waals surface area contributed by atoms with Crippen LogP contribution in [0.1, 0.15) is 37.4 Å². The largest absolute Gasteiger partial charge is 0.495 e. The summed E-state index contributed by atoms with van der Waals surface area (Å²) in [6.45, 7) is 0. The van der Waals surface area contributed by atoms with Gasteiger partial charge in [0.15, 0.2) is 0 Å². The number of halogens is 1. The molecule has 3 aromatic heterocycles. The Kier molecular flexibility index (Phi) is 6.00. The number of aromatic amines is 1. The average molecular weight is 593 g/mol. The summed E-state index contributed by atoms with van der Waals surface area (Å²) in [7, 11) is -0.472. The van der Waals surface area contributed by atoms with Crippen molar-refractivity contribution in [3.8, 4) is 17.1 Å². The molecule has 0 aliphatic heterocycles. The molecule has 180 valence electrons. The highest BCUT2D eigenvalue weighted by molar-refractivity contribution is 14.2. The lowest BCUT2D eigenvalue weighted by molar-refractivity contribution is -0.124. The number of methoxy groups -OCH3 is 1. The van der Waals surface area contributed by atoms with Gasteiger partial charge in [-0.25, -0.2) is 9.97 Å². The summed E-state index contributed by atoms with van der Waals surface area (Å²) in [5.74, 6) is 2.31. The lowest BCUT2D eigenvalue weighted by atomic mass is 9.81. The number of anilines is 1. The topological polar surface area (TPSA) is 134 Å². The molecule has 1 aromatic carbocycles. The molecular weight excluding hydrogens is 565 g/mol. The summed E-state index contributed by atoms with van der Waals surface area (Å²) in [6, 6.07) is 7.98. The van der Waals surface area contributed by atoms with Crippen molar-refractivity contribution in [3.05, 3.63) is 42.5 Å². The van der Waals surface area contributed by atoms with Crippen molar-refractivity contribution >= 4 is 56.5 Å². The maximum absolute atomic E-state index is 12.6. The highest BCUT2D eigenvalue weighted by Crippen LogP contribution is 2.39. The zero-order valence-corrected chi connectivity index (χ0v) is 22.1. The number of ether oxygens (including phenoxy) is 1. The molecule has 11 heteroatoms. The number of hydrogen-bond acceptors (Lipinski definition) is 6. The second-order valence-corrected chi connectivity index (χ2v) is 16.7. The van der Waals surface area contributed by atoms with Gasteiger partial charge in [0.1, 0.15) is 28.6 Å². The number of rotatable bonds is 5. The minimum Gasteiger partial charge on any atom is -0.495 e. The van der Waals surface area contributed by atoms with Crippen molar-refractivity contribution in [1.29, 1.82) is 4.78 Å². The van der Waals surface area contributed by atoms with Crippen molar-refractivity contribution in [2.75, 3.05) is 19.1 Å². The van der Waals surface area contributed by atoms with E-state index < -0.39 is 7.18 Å². The molecule has 1 amide bonds. The summed E-state index contributed by atoms with van der Waals surface area (Å²) in [5.41, 5.74) is 9.64. The number of fused-ring (bicyclic) bond motifs is 2. The summed E-state index contributed by atoms with van der Waals surface area (Å²) in [6.07, 6.45) is 8.66. The third-order valence-electron chi connectivity index (χ3n) is 6.49. The predicted molar refractivity (Wildman–Crippen MR) is 146 cm³/mol. The first-order valence-corrected chi connectivity index (χ1v) is 16.2. The van der Waals surface area contributed by atoms with Crippen LogP contribution in [0, 0.1) is 10.7 Å². The van der Waals surface area contributed by atoms with Gasteiger partial charge in [0.05, 0.1) is 18.3 Å². The van der Waals surface area contributed by atoms with Crippen LogP contribution in [0.2, 0.25) is 0 Å². The molecule has 1 aliphatic rings.